The first-order valence-corrected chi connectivity index (χ1v) is 9.21. The molecule has 1 fully saturated rings. The Labute approximate surface area is 155 Å². The molecule has 1 aliphatic rings. The Morgan fingerprint density at radius 2 is 1.69 bits per heavy atom. The van der Waals surface area contributed by atoms with Crippen LogP contribution in [0.1, 0.15) is 36.7 Å². The zero-order valence-electron chi connectivity index (χ0n) is 15.9. The second kappa shape index (κ2) is 9.79. The highest BCUT2D eigenvalue weighted by Crippen LogP contribution is 2.08. The number of amides is 2. The van der Waals surface area contributed by atoms with Gasteiger partial charge in [-0.1, -0.05) is 12.1 Å². The molecule has 0 aliphatic carbocycles. The molecule has 1 saturated heterocycles. The summed E-state index contributed by atoms with van der Waals surface area (Å²) < 4.78 is 0. The van der Waals surface area contributed by atoms with Gasteiger partial charge < -0.3 is 20.4 Å². The van der Waals surface area contributed by atoms with Gasteiger partial charge in [-0.15, -0.1) is 0 Å². The van der Waals surface area contributed by atoms with Gasteiger partial charge in [-0.2, -0.15) is 0 Å². The highest BCUT2D eigenvalue weighted by atomic mass is 16.2. The minimum atomic E-state index is -0.0643. The third kappa shape index (κ3) is 5.47. The molecule has 2 rings (SSSR count). The molecule has 1 aromatic rings. The van der Waals surface area contributed by atoms with Crippen molar-refractivity contribution in [2.45, 2.75) is 27.3 Å². The van der Waals surface area contributed by atoms with Crippen molar-refractivity contribution in [1.29, 1.82) is 0 Å². The largest absolute Gasteiger partial charge is 0.357 e. The van der Waals surface area contributed by atoms with Crippen LogP contribution >= 0.6 is 0 Å². The monoisotopic (exact) mass is 359 g/mol. The van der Waals surface area contributed by atoms with E-state index in [2.05, 4.69) is 15.5 Å². The summed E-state index contributed by atoms with van der Waals surface area (Å²) >= 11 is 0. The van der Waals surface area contributed by atoms with Crippen LogP contribution in [0.2, 0.25) is 0 Å². The molecule has 0 unspecified atom stereocenters. The van der Waals surface area contributed by atoms with Gasteiger partial charge in [-0.05, 0) is 31.5 Å². The summed E-state index contributed by atoms with van der Waals surface area (Å²) in [5, 5.41) is 6.13. The number of aliphatic imine (C=N–C) groups is 1. The number of piperazine rings is 1. The van der Waals surface area contributed by atoms with E-state index in [0.29, 0.717) is 31.7 Å². The van der Waals surface area contributed by atoms with Crippen LogP contribution in [-0.4, -0.2) is 66.8 Å². The Hall–Kier alpha value is -2.57. The van der Waals surface area contributed by atoms with Crippen LogP contribution < -0.4 is 10.6 Å². The molecule has 1 heterocycles. The fourth-order valence-corrected chi connectivity index (χ4v) is 2.90. The summed E-state index contributed by atoms with van der Waals surface area (Å²) in [6, 6.07) is 7.55. The summed E-state index contributed by atoms with van der Waals surface area (Å²) in [6.07, 6.45) is 0. The Morgan fingerprint density at radius 3 is 2.31 bits per heavy atom. The molecule has 2 N–H and O–H groups in total. The number of nitrogens with one attached hydrogen (secondary N) is 2. The molecule has 7 nitrogen and oxygen atoms in total. The molecule has 1 aliphatic heterocycles. The number of carbonyl (C=O) groups excluding carboxylic acids is 2. The number of benzene rings is 1. The third-order valence-corrected chi connectivity index (χ3v) is 4.30. The maximum atomic E-state index is 12.0. The average Bonchev–Trinajstić information content (AvgIpc) is 2.65. The maximum absolute atomic E-state index is 12.0. The van der Waals surface area contributed by atoms with Gasteiger partial charge in [0.15, 0.2) is 5.96 Å². The smallest absolute Gasteiger partial charge is 0.251 e. The zero-order valence-corrected chi connectivity index (χ0v) is 15.9. The Kier molecular flexibility index (Phi) is 7.44. The van der Waals surface area contributed by atoms with Crippen molar-refractivity contribution in [2.24, 2.45) is 4.99 Å². The lowest BCUT2D eigenvalue weighted by atomic mass is 10.1. The standard InChI is InChI=1S/C19H29N5O2/c1-4-20-18(26)17-8-6-7-16(13-17)14-22-19(21-5-2)24-11-9-23(10-12-24)15(3)25/h6-8,13H,4-5,9-12,14H2,1-3H3,(H,20,26)(H,21,22). The van der Waals surface area contributed by atoms with Gasteiger partial charge in [-0.25, -0.2) is 4.99 Å². The van der Waals surface area contributed by atoms with E-state index < -0.39 is 0 Å². The lowest BCUT2D eigenvalue weighted by Gasteiger charge is -2.36. The van der Waals surface area contributed by atoms with Crippen molar-refractivity contribution in [3.8, 4) is 0 Å². The quantitative estimate of drug-likeness (QED) is 0.609. The van der Waals surface area contributed by atoms with Crippen molar-refractivity contribution < 1.29 is 9.59 Å². The predicted molar refractivity (Wildman–Crippen MR) is 103 cm³/mol. The van der Waals surface area contributed by atoms with Crippen LogP contribution in [0.25, 0.3) is 0 Å². The minimum Gasteiger partial charge on any atom is -0.357 e. The van der Waals surface area contributed by atoms with Gasteiger partial charge in [0.05, 0.1) is 6.54 Å². The lowest BCUT2D eigenvalue weighted by molar-refractivity contribution is -0.130. The number of hydrogen-bond acceptors (Lipinski definition) is 3. The fraction of sp³-hybridized carbons (Fsp3) is 0.526. The summed E-state index contributed by atoms with van der Waals surface area (Å²) in [5.74, 6) is 0.901. The van der Waals surface area contributed by atoms with E-state index in [0.717, 1.165) is 31.2 Å². The summed E-state index contributed by atoms with van der Waals surface area (Å²) in [6.45, 7) is 10.4. The fourth-order valence-electron chi connectivity index (χ4n) is 2.90. The summed E-state index contributed by atoms with van der Waals surface area (Å²) in [7, 11) is 0. The Bertz CT molecular complexity index is 651. The van der Waals surface area contributed by atoms with E-state index in [-0.39, 0.29) is 11.8 Å². The lowest BCUT2D eigenvalue weighted by Crippen LogP contribution is -2.53. The van der Waals surface area contributed by atoms with Crippen LogP contribution in [0.15, 0.2) is 29.3 Å². The first-order valence-electron chi connectivity index (χ1n) is 9.21. The molecule has 2 amide bonds. The highest BCUT2D eigenvalue weighted by molar-refractivity contribution is 5.94. The van der Waals surface area contributed by atoms with Crippen LogP contribution in [0.5, 0.6) is 0 Å². The van der Waals surface area contributed by atoms with Crippen LogP contribution in [0.4, 0.5) is 0 Å². The second-order valence-electron chi connectivity index (χ2n) is 6.22. The normalized spacial score (nSPS) is 15.0. The van der Waals surface area contributed by atoms with Crippen molar-refractivity contribution in [2.75, 3.05) is 39.3 Å². The Balaban J connectivity index is 2.04. The number of rotatable bonds is 5. The highest BCUT2D eigenvalue weighted by Gasteiger charge is 2.20. The number of carbonyl (C=O) groups is 2. The van der Waals surface area contributed by atoms with Crippen molar-refractivity contribution in [3.63, 3.8) is 0 Å². The van der Waals surface area contributed by atoms with E-state index in [1.807, 2.05) is 43.0 Å². The van der Waals surface area contributed by atoms with Gasteiger partial charge in [-0.3, -0.25) is 9.59 Å². The SMILES string of the molecule is CCNC(=O)c1cccc(CN=C(NCC)N2CCN(C(C)=O)CC2)c1. The molecule has 0 saturated carbocycles. The van der Waals surface area contributed by atoms with Crippen molar-refractivity contribution in [3.05, 3.63) is 35.4 Å². The molecule has 0 radical (unpaired) electrons. The minimum absolute atomic E-state index is 0.0643. The molecule has 0 atom stereocenters. The first kappa shape index (κ1) is 19.8. The Morgan fingerprint density at radius 1 is 1.04 bits per heavy atom. The summed E-state index contributed by atoms with van der Waals surface area (Å²) in [5.41, 5.74) is 1.64. The van der Waals surface area contributed by atoms with Crippen molar-refractivity contribution in [1.82, 2.24) is 20.4 Å². The van der Waals surface area contributed by atoms with Crippen LogP contribution in [0.3, 0.4) is 0 Å². The summed E-state index contributed by atoms with van der Waals surface area (Å²) in [4.78, 5) is 32.2. The number of hydrogen-bond donors (Lipinski definition) is 2. The molecule has 7 heteroatoms. The first-order chi connectivity index (χ1) is 12.5. The number of nitrogens with zero attached hydrogens (tertiary/aromatic N) is 3. The van der Waals surface area contributed by atoms with Gasteiger partial charge >= 0.3 is 0 Å². The maximum Gasteiger partial charge on any atom is 0.251 e. The van der Waals surface area contributed by atoms with E-state index in [1.54, 1.807) is 6.92 Å². The molecule has 142 valence electrons. The molecule has 1 aromatic carbocycles. The van der Waals surface area contributed by atoms with Gasteiger partial charge in [0.25, 0.3) is 5.91 Å². The predicted octanol–water partition coefficient (Wildman–Crippen LogP) is 1.07. The van der Waals surface area contributed by atoms with Crippen LogP contribution in [-0.2, 0) is 11.3 Å². The second-order valence-corrected chi connectivity index (χ2v) is 6.22. The molecule has 0 bridgehead atoms. The van der Waals surface area contributed by atoms with E-state index in [1.165, 1.54) is 0 Å². The number of guanidine groups is 1. The van der Waals surface area contributed by atoms with Gasteiger partial charge in [0, 0.05) is 51.8 Å². The van der Waals surface area contributed by atoms with Crippen molar-refractivity contribution >= 4 is 17.8 Å². The molecule has 0 spiro atoms. The molecule has 0 aromatic heterocycles. The zero-order chi connectivity index (χ0) is 18.9. The van der Waals surface area contributed by atoms with E-state index in [9.17, 15) is 9.59 Å². The molecule has 26 heavy (non-hydrogen) atoms. The van der Waals surface area contributed by atoms with Gasteiger partial charge in [0.2, 0.25) is 5.91 Å². The average molecular weight is 359 g/mol. The van der Waals surface area contributed by atoms with Gasteiger partial charge in [0.1, 0.15) is 0 Å². The van der Waals surface area contributed by atoms with Crippen LogP contribution in [0, 0.1) is 0 Å². The topological polar surface area (TPSA) is 77.0 Å². The molecular formula is C19H29N5O2. The third-order valence-electron chi connectivity index (χ3n) is 4.30. The van der Waals surface area contributed by atoms with E-state index >= 15 is 0 Å². The van der Waals surface area contributed by atoms with E-state index in [4.69, 9.17) is 4.99 Å². The molecular weight excluding hydrogens is 330 g/mol.